The first kappa shape index (κ1) is 12.0. The van der Waals surface area contributed by atoms with Gasteiger partial charge in [0.15, 0.2) is 0 Å². The second-order valence-electron chi connectivity index (χ2n) is 3.24. The van der Waals surface area contributed by atoms with Crippen LogP contribution in [-0.4, -0.2) is 29.6 Å². The van der Waals surface area contributed by atoms with Gasteiger partial charge in [0.2, 0.25) is 5.04 Å². The van der Waals surface area contributed by atoms with E-state index in [4.69, 9.17) is 4.55 Å². The van der Waals surface area contributed by atoms with Gasteiger partial charge < -0.3 is 0 Å². The number of hydrogen-bond donors (Lipinski definition) is 2. The topological polar surface area (TPSA) is 82.0 Å². The average Bonchev–Trinajstić information content (AvgIpc) is 2.18. The molecule has 7 heteroatoms. The summed E-state index contributed by atoms with van der Waals surface area (Å²) < 4.78 is 30.0. The number of unbranched alkanes of at least 4 members (excludes halogenated alkanes) is 2. The highest BCUT2D eigenvalue weighted by Gasteiger charge is 2.16. The molecule has 0 saturated heterocycles. The Morgan fingerprint density at radius 3 is 2.73 bits per heavy atom. The number of hydrazone groups is 1. The molecule has 0 unspecified atom stereocenters. The van der Waals surface area contributed by atoms with Gasteiger partial charge in [0.05, 0.1) is 0 Å². The fraction of sp³-hybridized carbons (Fsp3) is 0.625. The summed E-state index contributed by atoms with van der Waals surface area (Å²) in [7, 11) is -4.20. The van der Waals surface area contributed by atoms with Crippen LogP contribution < -0.4 is 5.53 Å². The summed E-state index contributed by atoms with van der Waals surface area (Å²) in [5, 5.41) is 4.83. The van der Waals surface area contributed by atoms with Gasteiger partial charge >= 0.3 is 10.1 Å². The lowest BCUT2D eigenvalue weighted by atomic mass is 10.2. The van der Waals surface area contributed by atoms with Crippen molar-refractivity contribution in [2.75, 3.05) is 6.54 Å². The SMILES string of the molecule is CCCCCN1C=CC(S(=O)(=O)O)=NN1. The van der Waals surface area contributed by atoms with Crippen LogP contribution in [0.2, 0.25) is 0 Å². The zero-order valence-corrected chi connectivity index (χ0v) is 9.37. The summed E-state index contributed by atoms with van der Waals surface area (Å²) in [4.78, 5) is 0. The van der Waals surface area contributed by atoms with Crippen LogP contribution >= 0.6 is 0 Å². The molecule has 1 rings (SSSR count). The maximum Gasteiger partial charge on any atom is 0.314 e. The fourth-order valence-corrected chi connectivity index (χ4v) is 1.53. The van der Waals surface area contributed by atoms with Gasteiger partial charge in [-0.2, -0.15) is 8.42 Å². The lowest BCUT2D eigenvalue weighted by molar-refractivity contribution is 0.268. The number of rotatable bonds is 4. The van der Waals surface area contributed by atoms with Crippen molar-refractivity contribution >= 4 is 15.2 Å². The van der Waals surface area contributed by atoms with Crippen molar-refractivity contribution in [2.45, 2.75) is 26.2 Å². The van der Waals surface area contributed by atoms with Crippen molar-refractivity contribution in [3.63, 3.8) is 0 Å². The minimum absolute atomic E-state index is 0.366. The second kappa shape index (κ2) is 5.13. The molecule has 0 radical (unpaired) electrons. The first-order valence-corrected chi connectivity index (χ1v) is 6.23. The van der Waals surface area contributed by atoms with Gasteiger partial charge in [-0.1, -0.05) is 19.8 Å². The summed E-state index contributed by atoms with van der Waals surface area (Å²) in [6.45, 7) is 2.86. The van der Waals surface area contributed by atoms with Gasteiger partial charge in [0.1, 0.15) is 0 Å². The van der Waals surface area contributed by atoms with E-state index in [9.17, 15) is 8.42 Å². The normalized spacial score (nSPS) is 16.1. The molecule has 1 aliphatic rings. The molecule has 0 fully saturated rings. The Bertz CT molecular complexity index is 361. The third kappa shape index (κ3) is 3.88. The Morgan fingerprint density at radius 2 is 2.27 bits per heavy atom. The predicted molar refractivity (Wildman–Crippen MR) is 57.5 cm³/mol. The van der Waals surface area contributed by atoms with E-state index in [1.807, 2.05) is 0 Å². The van der Waals surface area contributed by atoms with Crippen molar-refractivity contribution in [1.82, 2.24) is 10.5 Å². The summed E-state index contributed by atoms with van der Waals surface area (Å²) in [6, 6.07) is 0. The first-order valence-electron chi connectivity index (χ1n) is 4.79. The molecule has 0 atom stereocenters. The van der Waals surface area contributed by atoms with Gasteiger partial charge in [-0.15, -0.1) is 5.10 Å². The molecule has 6 nitrogen and oxygen atoms in total. The van der Waals surface area contributed by atoms with Gasteiger partial charge in [-0.25, -0.2) is 5.53 Å². The zero-order chi connectivity index (χ0) is 11.3. The maximum atomic E-state index is 10.7. The molecule has 86 valence electrons. The van der Waals surface area contributed by atoms with Crippen LogP contribution in [0.1, 0.15) is 26.2 Å². The van der Waals surface area contributed by atoms with Gasteiger partial charge in [0.25, 0.3) is 0 Å². The lowest BCUT2D eigenvalue weighted by Crippen LogP contribution is -2.35. The van der Waals surface area contributed by atoms with E-state index in [1.165, 1.54) is 6.08 Å². The molecule has 0 amide bonds. The van der Waals surface area contributed by atoms with Crippen molar-refractivity contribution in [2.24, 2.45) is 5.10 Å². The van der Waals surface area contributed by atoms with Crippen LogP contribution in [0.15, 0.2) is 17.4 Å². The van der Waals surface area contributed by atoms with Crippen LogP contribution in [0, 0.1) is 0 Å². The Hall–Kier alpha value is -1.08. The highest BCUT2D eigenvalue weighted by molar-refractivity contribution is 8.02. The van der Waals surface area contributed by atoms with E-state index in [1.54, 1.807) is 11.2 Å². The summed E-state index contributed by atoms with van der Waals surface area (Å²) in [6.07, 6.45) is 6.05. The molecule has 0 saturated carbocycles. The second-order valence-corrected chi connectivity index (χ2v) is 4.61. The van der Waals surface area contributed by atoms with Crippen molar-refractivity contribution in [3.8, 4) is 0 Å². The van der Waals surface area contributed by atoms with Crippen LogP contribution in [0.25, 0.3) is 0 Å². The van der Waals surface area contributed by atoms with E-state index in [0.717, 1.165) is 25.8 Å². The summed E-state index contributed by atoms with van der Waals surface area (Å²) in [5.41, 5.74) is 2.53. The molecule has 0 aromatic heterocycles. The largest absolute Gasteiger partial charge is 0.314 e. The third-order valence-corrected chi connectivity index (χ3v) is 2.71. The molecule has 2 N–H and O–H groups in total. The first-order chi connectivity index (χ1) is 7.04. The highest BCUT2D eigenvalue weighted by atomic mass is 32.2. The molecule has 1 aliphatic heterocycles. The quantitative estimate of drug-likeness (QED) is 0.552. The average molecular weight is 233 g/mol. The molecule has 0 aromatic rings. The Labute approximate surface area is 89.4 Å². The van der Waals surface area contributed by atoms with Gasteiger partial charge in [0, 0.05) is 12.7 Å². The monoisotopic (exact) mass is 233 g/mol. The van der Waals surface area contributed by atoms with E-state index in [2.05, 4.69) is 17.6 Å². The number of nitrogens with one attached hydrogen (secondary N) is 1. The summed E-state index contributed by atoms with van der Waals surface area (Å²) >= 11 is 0. The maximum absolute atomic E-state index is 10.7. The Morgan fingerprint density at radius 1 is 1.53 bits per heavy atom. The molecule has 0 bridgehead atoms. The third-order valence-electron chi connectivity index (χ3n) is 1.95. The van der Waals surface area contributed by atoms with E-state index < -0.39 is 10.1 Å². The number of nitrogens with zero attached hydrogens (tertiary/aromatic N) is 2. The smallest absolute Gasteiger partial charge is 0.281 e. The molecule has 15 heavy (non-hydrogen) atoms. The predicted octanol–water partition coefficient (Wildman–Crippen LogP) is 0.712. The van der Waals surface area contributed by atoms with Crippen molar-refractivity contribution in [1.29, 1.82) is 0 Å². The molecular formula is C8H15N3O3S. The summed E-state index contributed by atoms with van der Waals surface area (Å²) in [5.74, 6) is 0. The van der Waals surface area contributed by atoms with Crippen LogP contribution in [-0.2, 0) is 10.1 Å². The zero-order valence-electron chi connectivity index (χ0n) is 8.55. The van der Waals surface area contributed by atoms with Gasteiger partial charge in [-0.3, -0.25) is 9.56 Å². The van der Waals surface area contributed by atoms with Gasteiger partial charge in [-0.05, 0) is 12.5 Å². The fourth-order valence-electron chi connectivity index (χ4n) is 1.14. The van der Waals surface area contributed by atoms with E-state index >= 15 is 0 Å². The number of hydrogen-bond acceptors (Lipinski definition) is 5. The van der Waals surface area contributed by atoms with Crippen LogP contribution in [0.3, 0.4) is 0 Å². The van der Waals surface area contributed by atoms with E-state index in [-0.39, 0.29) is 5.04 Å². The Kier molecular flexibility index (Phi) is 4.10. The highest BCUT2D eigenvalue weighted by Crippen LogP contribution is 2.02. The van der Waals surface area contributed by atoms with Crippen molar-refractivity contribution < 1.29 is 13.0 Å². The molecule has 0 aromatic carbocycles. The minimum atomic E-state index is -4.20. The Balaban J connectivity index is 2.43. The van der Waals surface area contributed by atoms with Crippen LogP contribution in [0.5, 0.6) is 0 Å². The van der Waals surface area contributed by atoms with Crippen LogP contribution in [0.4, 0.5) is 0 Å². The molecular weight excluding hydrogens is 218 g/mol. The standard InChI is InChI=1S/C8H15N3O3S/c1-2-3-4-6-11-7-5-8(9-10-11)15(12,13)14/h5,7,10H,2-4,6H2,1H3,(H,12,13,14). The number of hydrazine groups is 1. The molecule has 1 heterocycles. The minimum Gasteiger partial charge on any atom is -0.281 e. The molecule has 0 aliphatic carbocycles. The molecule has 0 spiro atoms. The van der Waals surface area contributed by atoms with E-state index in [0.29, 0.717) is 0 Å². The lowest BCUT2D eigenvalue weighted by Gasteiger charge is -2.21. The van der Waals surface area contributed by atoms with Crippen molar-refractivity contribution in [3.05, 3.63) is 12.3 Å².